The third-order valence-corrected chi connectivity index (χ3v) is 7.31. The number of carbonyl (C=O) groups excluding carboxylic acids is 2. The quantitative estimate of drug-likeness (QED) is 0.386. The van der Waals surface area contributed by atoms with Crippen molar-refractivity contribution in [2.75, 3.05) is 20.3 Å². The Morgan fingerprint density at radius 3 is 2.44 bits per heavy atom. The van der Waals surface area contributed by atoms with Gasteiger partial charge in [0.1, 0.15) is 5.60 Å². The van der Waals surface area contributed by atoms with Crippen LogP contribution in [0.15, 0.2) is 59.7 Å². The summed E-state index contributed by atoms with van der Waals surface area (Å²) in [5, 5.41) is 2.72. The Morgan fingerprint density at radius 1 is 1.11 bits per heavy atom. The van der Waals surface area contributed by atoms with Crippen LogP contribution in [0.4, 0.5) is 4.79 Å². The third-order valence-electron chi connectivity index (χ3n) is 5.63. The molecule has 0 radical (unpaired) electrons. The van der Waals surface area contributed by atoms with Gasteiger partial charge in [-0.25, -0.2) is 18.0 Å². The maximum atomic E-state index is 13.1. The molecule has 194 valence electrons. The van der Waals surface area contributed by atoms with Crippen molar-refractivity contribution in [1.29, 1.82) is 0 Å². The van der Waals surface area contributed by atoms with Gasteiger partial charge >= 0.3 is 12.1 Å². The molecule has 0 saturated carbocycles. The van der Waals surface area contributed by atoms with Crippen LogP contribution in [0.1, 0.15) is 60.2 Å². The lowest BCUT2D eigenvalue weighted by molar-refractivity contribution is 0.0525. The molecule has 1 aliphatic rings. The predicted octanol–water partition coefficient (Wildman–Crippen LogP) is 4.53. The molecule has 0 aliphatic carbocycles. The number of rotatable bonds is 9. The Morgan fingerprint density at radius 2 is 1.83 bits per heavy atom. The monoisotopic (exact) mass is 515 g/mol. The highest BCUT2D eigenvalue weighted by molar-refractivity contribution is 7.90. The first-order valence-corrected chi connectivity index (χ1v) is 13.4. The standard InChI is InChI=1S/C27H33NO7S/c1-27(2,3)35-26(30)28-15-8-11-23-22(19-14-16-34-17-19)13-12-20(24(23)25(29)33-4)18-36(31,32)21-9-6-5-7-10-21/h5-7,9-10,12-14,16,19H,8,11,15,17-18H2,1-4H3,(H,28,30). The van der Waals surface area contributed by atoms with E-state index in [0.717, 1.165) is 5.56 Å². The predicted molar refractivity (Wildman–Crippen MR) is 136 cm³/mol. The number of carbonyl (C=O) groups is 2. The van der Waals surface area contributed by atoms with Gasteiger partial charge in [0, 0.05) is 12.5 Å². The zero-order valence-corrected chi connectivity index (χ0v) is 21.9. The summed E-state index contributed by atoms with van der Waals surface area (Å²) >= 11 is 0. The van der Waals surface area contributed by atoms with Crippen LogP contribution >= 0.6 is 0 Å². The number of hydrogen-bond donors (Lipinski definition) is 1. The van der Waals surface area contributed by atoms with Crippen LogP contribution in [0.2, 0.25) is 0 Å². The van der Waals surface area contributed by atoms with Crippen molar-refractivity contribution in [2.24, 2.45) is 0 Å². The van der Waals surface area contributed by atoms with Crippen LogP contribution in [-0.2, 0) is 36.2 Å². The van der Waals surface area contributed by atoms with Crippen molar-refractivity contribution in [3.63, 3.8) is 0 Å². The Kier molecular flexibility index (Phi) is 8.79. The van der Waals surface area contributed by atoms with Crippen LogP contribution in [0.3, 0.4) is 0 Å². The number of esters is 1. The van der Waals surface area contributed by atoms with Gasteiger partial charge in [-0.05, 0) is 68.5 Å². The van der Waals surface area contributed by atoms with Gasteiger partial charge in [-0.15, -0.1) is 0 Å². The van der Waals surface area contributed by atoms with Gasteiger partial charge in [0.2, 0.25) is 0 Å². The van der Waals surface area contributed by atoms with E-state index in [4.69, 9.17) is 14.2 Å². The molecule has 1 atom stereocenters. The molecule has 1 amide bonds. The van der Waals surface area contributed by atoms with Crippen molar-refractivity contribution < 1.29 is 32.2 Å². The summed E-state index contributed by atoms with van der Waals surface area (Å²) in [6.45, 7) is 6.10. The van der Waals surface area contributed by atoms with E-state index in [2.05, 4.69) is 5.32 Å². The molecule has 36 heavy (non-hydrogen) atoms. The highest BCUT2D eigenvalue weighted by Crippen LogP contribution is 2.32. The molecule has 0 bridgehead atoms. The molecule has 8 nitrogen and oxygen atoms in total. The lowest BCUT2D eigenvalue weighted by Crippen LogP contribution is -2.33. The number of amides is 1. The maximum absolute atomic E-state index is 13.1. The largest absolute Gasteiger partial charge is 0.501 e. The number of nitrogens with one attached hydrogen (secondary N) is 1. The summed E-state index contributed by atoms with van der Waals surface area (Å²) in [6.07, 6.45) is 3.91. The smallest absolute Gasteiger partial charge is 0.407 e. The summed E-state index contributed by atoms with van der Waals surface area (Å²) in [7, 11) is -2.43. The summed E-state index contributed by atoms with van der Waals surface area (Å²) < 4.78 is 42.0. The molecule has 0 saturated heterocycles. The van der Waals surface area contributed by atoms with E-state index in [1.54, 1.807) is 51.3 Å². The molecule has 1 heterocycles. The molecule has 9 heteroatoms. The summed E-state index contributed by atoms with van der Waals surface area (Å²) in [5.41, 5.74) is 1.55. The first-order chi connectivity index (χ1) is 17.0. The van der Waals surface area contributed by atoms with Crippen LogP contribution < -0.4 is 5.32 Å². The minimum Gasteiger partial charge on any atom is -0.501 e. The molecule has 2 aromatic carbocycles. The Hall–Kier alpha value is -3.33. The number of alkyl carbamates (subject to hydrolysis) is 1. The van der Waals surface area contributed by atoms with Crippen molar-refractivity contribution in [3.05, 3.63) is 77.1 Å². The molecule has 1 N–H and O–H groups in total. The Labute approximate surface area is 212 Å². The third kappa shape index (κ3) is 7.10. The van der Waals surface area contributed by atoms with Gasteiger partial charge in [0.15, 0.2) is 9.84 Å². The van der Waals surface area contributed by atoms with E-state index < -0.39 is 27.5 Å². The van der Waals surface area contributed by atoms with Gasteiger partial charge in [-0.3, -0.25) is 0 Å². The van der Waals surface area contributed by atoms with E-state index in [1.165, 1.54) is 19.2 Å². The summed E-state index contributed by atoms with van der Waals surface area (Å²) in [6, 6.07) is 11.7. The van der Waals surface area contributed by atoms with Crippen molar-refractivity contribution >= 4 is 21.9 Å². The lowest BCUT2D eigenvalue weighted by atomic mass is 9.87. The van der Waals surface area contributed by atoms with Crippen LogP contribution in [0.5, 0.6) is 0 Å². The second-order valence-corrected chi connectivity index (χ2v) is 11.5. The van der Waals surface area contributed by atoms with Crippen molar-refractivity contribution in [1.82, 2.24) is 5.32 Å². The second-order valence-electron chi connectivity index (χ2n) is 9.53. The SMILES string of the molecule is COC(=O)c1c(CS(=O)(=O)c2ccccc2)ccc(C2C=COC2)c1CCCNC(=O)OC(C)(C)C. The molecular weight excluding hydrogens is 482 g/mol. The number of methoxy groups -OCH3 is 1. The van der Waals surface area contributed by atoms with E-state index in [-0.39, 0.29) is 22.1 Å². The van der Waals surface area contributed by atoms with Gasteiger partial charge in [-0.2, -0.15) is 0 Å². The molecule has 1 aliphatic heterocycles. The first kappa shape index (κ1) is 27.3. The molecule has 0 aromatic heterocycles. The van der Waals surface area contributed by atoms with Crippen LogP contribution in [0.25, 0.3) is 0 Å². The summed E-state index contributed by atoms with van der Waals surface area (Å²) in [4.78, 5) is 25.2. The van der Waals surface area contributed by atoms with Gasteiger partial charge in [0.05, 0.1) is 36.2 Å². The van der Waals surface area contributed by atoms with Gasteiger partial charge < -0.3 is 19.5 Å². The van der Waals surface area contributed by atoms with E-state index in [1.807, 2.05) is 12.1 Å². The number of hydrogen-bond acceptors (Lipinski definition) is 7. The average molecular weight is 516 g/mol. The van der Waals surface area contributed by atoms with Crippen molar-refractivity contribution in [2.45, 2.75) is 55.8 Å². The molecular formula is C27H33NO7S. The zero-order chi connectivity index (χ0) is 26.3. The Bertz CT molecular complexity index is 1210. The number of sulfone groups is 1. The molecule has 1 unspecified atom stereocenters. The fraction of sp³-hybridized carbons (Fsp3) is 0.407. The Balaban J connectivity index is 1.93. The van der Waals surface area contributed by atoms with Crippen molar-refractivity contribution in [3.8, 4) is 0 Å². The number of benzene rings is 2. The van der Waals surface area contributed by atoms with E-state index in [9.17, 15) is 18.0 Å². The summed E-state index contributed by atoms with van der Waals surface area (Å²) in [5.74, 6) is -1.03. The highest BCUT2D eigenvalue weighted by Gasteiger charge is 2.27. The zero-order valence-electron chi connectivity index (χ0n) is 21.1. The number of ether oxygens (including phenoxy) is 3. The fourth-order valence-electron chi connectivity index (χ4n) is 4.05. The first-order valence-electron chi connectivity index (χ1n) is 11.8. The minimum absolute atomic E-state index is 0.0815. The highest BCUT2D eigenvalue weighted by atomic mass is 32.2. The van der Waals surface area contributed by atoms with Crippen LogP contribution in [-0.4, -0.2) is 46.3 Å². The maximum Gasteiger partial charge on any atom is 0.407 e. The van der Waals surface area contributed by atoms with E-state index in [0.29, 0.717) is 37.1 Å². The van der Waals surface area contributed by atoms with Gasteiger partial charge in [0.25, 0.3) is 0 Å². The molecule has 0 spiro atoms. The molecule has 2 aromatic rings. The van der Waals surface area contributed by atoms with E-state index >= 15 is 0 Å². The second kappa shape index (κ2) is 11.6. The normalized spacial score (nSPS) is 15.3. The average Bonchev–Trinajstić information content (AvgIpc) is 3.35. The van der Waals surface area contributed by atoms with Crippen LogP contribution in [0, 0.1) is 0 Å². The van der Waals surface area contributed by atoms with Gasteiger partial charge in [-0.1, -0.05) is 30.3 Å². The minimum atomic E-state index is -3.70. The molecule has 0 fully saturated rings. The topological polar surface area (TPSA) is 108 Å². The fourth-order valence-corrected chi connectivity index (χ4v) is 5.44. The molecule has 3 rings (SSSR count). The lowest BCUT2D eigenvalue weighted by Gasteiger charge is -2.21.